The number of thiazole rings is 1. The Balaban J connectivity index is 2.15. The van der Waals surface area contributed by atoms with E-state index < -0.39 is 0 Å². The minimum absolute atomic E-state index is 0.143. The quantitative estimate of drug-likeness (QED) is 0.836. The Kier molecular flexibility index (Phi) is 4.32. The number of hydrogen-bond donors (Lipinski definition) is 0. The van der Waals surface area contributed by atoms with Crippen LogP contribution < -0.4 is 4.74 Å². The molecule has 20 heavy (non-hydrogen) atoms. The van der Waals surface area contributed by atoms with Crippen LogP contribution in [-0.4, -0.2) is 4.98 Å². The van der Waals surface area contributed by atoms with Crippen molar-refractivity contribution in [3.8, 4) is 11.8 Å². The summed E-state index contributed by atoms with van der Waals surface area (Å²) in [6, 6.07) is 9.44. The van der Waals surface area contributed by atoms with Crippen LogP contribution in [0.2, 0.25) is 5.02 Å². The van der Waals surface area contributed by atoms with Gasteiger partial charge in [0.2, 0.25) is 0 Å². The molecule has 2 rings (SSSR count). The standard InChI is InChI=1S/C15H15ClN2OS/c1-15(2,3)14-12(8-17)20-13(18-14)9-19-11-6-4-5-10(16)7-11/h4-7H,9H2,1-3H3. The van der Waals surface area contributed by atoms with E-state index in [1.807, 2.05) is 32.9 Å². The van der Waals surface area contributed by atoms with Gasteiger partial charge >= 0.3 is 0 Å². The zero-order valence-electron chi connectivity index (χ0n) is 11.6. The molecule has 3 nitrogen and oxygen atoms in total. The van der Waals surface area contributed by atoms with Crippen LogP contribution in [0.1, 0.15) is 36.3 Å². The summed E-state index contributed by atoms with van der Waals surface area (Å²) in [4.78, 5) is 5.18. The third-order valence-corrected chi connectivity index (χ3v) is 3.81. The molecule has 1 aromatic heterocycles. The van der Waals surface area contributed by atoms with Crippen LogP contribution in [-0.2, 0) is 12.0 Å². The molecule has 0 saturated heterocycles. The summed E-state index contributed by atoms with van der Waals surface area (Å²) in [7, 11) is 0. The Labute approximate surface area is 127 Å². The lowest BCUT2D eigenvalue weighted by Gasteiger charge is -2.15. The molecule has 0 saturated carbocycles. The second-order valence-electron chi connectivity index (χ2n) is 5.39. The first-order valence-corrected chi connectivity index (χ1v) is 7.38. The van der Waals surface area contributed by atoms with Crippen LogP contribution in [0.4, 0.5) is 0 Å². The zero-order valence-corrected chi connectivity index (χ0v) is 13.2. The maximum atomic E-state index is 9.18. The van der Waals surface area contributed by atoms with E-state index in [0.717, 1.165) is 10.7 Å². The van der Waals surface area contributed by atoms with Crippen molar-refractivity contribution in [2.75, 3.05) is 0 Å². The predicted octanol–water partition coefficient (Wildman–Crippen LogP) is 4.54. The van der Waals surface area contributed by atoms with Crippen molar-refractivity contribution in [3.63, 3.8) is 0 Å². The van der Waals surface area contributed by atoms with Gasteiger partial charge in [0.15, 0.2) is 0 Å². The zero-order chi connectivity index (χ0) is 14.8. The minimum Gasteiger partial charge on any atom is -0.486 e. The Morgan fingerprint density at radius 2 is 2.15 bits per heavy atom. The van der Waals surface area contributed by atoms with Gasteiger partial charge in [-0.1, -0.05) is 38.4 Å². The highest BCUT2D eigenvalue weighted by atomic mass is 35.5. The third-order valence-electron chi connectivity index (χ3n) is 2.64. The molecule has 0 fully saturated rings. The Morgan fingerprint density at radius 1 is 1.40 bits per heavy atom. The molecule has 0 radical (unpaired) electrons. The first-order valence-electron chi connectivity index (χ1n) is 6.19. The van der Waals surface area contributed by atoms with Gasteiger partial charge in [0.25, 0.3) is 0 Å². The molecule has 0 unspecified atom stereocenters. The molecule has 0 N–H and O–H groups in total. The lowest BCUT2D eigenvalue weighted by Crippen LogP contribution is -2.13. The van der Waals surface area contributed by atoms with Gasteiger partial charge in [-0.15, -0.1) is 11.3 Å². The van der Waals surface area contributed by atoms with Crippen molar-refractivity contribution in [2.45, 2.75) is 32.8 Å². The van der Waals surface area contributed by atoms with E-state index >= 15 is 0 Å². The molecule has 0 bridgehead atoms. The minimum atomic E-state index is -0.143. The van der Waals surface area contributed by atoms with Crippen LogP contribution >= 0.6 is 22.9 Å². The Morgan fingerprint density at radius 3 is 2.70 bits per heavy atom. The maximum absolute atomic E-state index is 9.18. The number of nitriles is 1. The molecular weight excluding hydrogens is 292 g/mol. The summed E-state index contributed by atoms with van der Waals surface area (Å²) < 4.78 is 5.65. The average Bonchev–Trinajstić information content (AvgIpc) is 2.80. The summed E-state index contributed by atoms with van der Waals surface area (Å²) in [5.74, 6) is 0.698. The van der Waals surface area contributed by atoms with Crippen LogP contribution in [0.5, 0.6) is 5.75 Å². The summed E-state index contributed by atoms with van der Waals surface area (Å²) >= 11 is 7.28. The van der Waals surface area contributed by atoms with Crippen LogP contribution in [0.3, 0.4) is 0 Å². The van der Waals surface area contributed by atoms with E-state index in [1.165, 1.54) is 11.3 Å². The molecule has 0 aliphatic carbocycles. The molecule has 5 heteroatoms. The molecule has 104 valence electrons. The van der Waals surface area contributed by atoms with E-state index in [9.17, 15) is 5.26 Å². The van der Waals surface area contributed by atoms with Crippen molar-refractivity contribution in [3.05, 3.63) is 44.9 Å². The monoisotopic (exact) mass is 306 g/mol. The smallest absolute Gasteiger partial charge is 0.140 e. The molecule has 2 aromatic rings. The number of ether oxygens (including phenoxy) is 1. The van der Waals surface area contributed by atoms with Gasteiger partial charge in [-0.3, -0.25) is 0 Å². The number of halogens is 1. The number of nitrogens with zero attached hydrogens (tertiary/aromatic N) is 2. The first-order chi connectivity index (χ1) is 9.40. The molecule has 0 spiro atoms. The van der Waals surface area contributed by atoms with Gasteiger partial charge in [0.1, 0.15) is 28.3 Å². The largest absolute Gasteiger partial charge is 0.486 e. The molecule has 1 heterocycles. The normalized spacial score (nSPS) is 11.2. The van der Waals surface area contributed by atoms with E-state index in [4.69, 9.17) is 16.3 Å². The lowest BCUT2D eigenvalue weighted by atomic mass is 9.91. The second-order valence-corrected chi connectivity index (χ2v) is 6.91. The van der Waals surface area contributed by atoms with Crippen LogP contribution in [0.25, 0.3) is 0 Å². The fraction of sp³-hybridized carbons (Fsp3) is 0.333. The molecule has 0 aliphatic heterocycles. The molecule has 1 aromatic carbocycles. The highest BCUT2D eigenvalue weighted by molar-refractivity contribution is 7.12. The fourth-order valence-electron chi connectivity index (χ4n) is 1.71. The van der Waals surface area contributed by atoms with Gasteiger partial charge in [0, 0.05) is 10.4 Å². The maximum Gasteiger partial charge on any atom is 0.140 e. The van der Waals surface area contributed by atoms with E-state index in [0.29, 0.717) is 22.3 Å². The van der Waals surface area contributed by atoms with Crippen molar-refractivity contribution < 1.29 is 4.74 Å². The molecule has 0 aliphatic rings. The molecular formula is C15H15ClN2OS. The average molecular weight is 307 g/mol. The fourth-order valence-corrected chi connectivity index (χ4v) is 2.88. The number of hydrogen-bond acceptors (Lipinski definition) is 4. The van der Waals surface area contributed by atoms with Gasteiger partial charge < -0.3 is 4.74 Å². The van der Waals surface area contributed by atoms with Gasteiger partial charge in [-0.05, 0) is 18.2 Å². The lowest BCUT2D eigenvalue weighted by molar-refractivity contribution is 0.305. The summed E-state index contributed by atoms with van der Waals surface area (Å²) in [5.41, 5.74) is 0.685. The predicted molar refractivity (Wildman–Crippen MR) is 81.3 cm³/mol. The SMILES string of the molecule is CC(C)(C)c1nc(COc2cccc(Cl)c2)sc1C#N. The van der Waals surface area contributed by atoms with Gasteiger partial charge in [-0.2, -0.15) is 5.26 Å². The number of aromatic nitrogens is 1. The van der Waals surface area contributed by atoms with Crippen molar-refractivity contribution in [1.29, 1.82) is 5.26 Å². The summed E-state index contributed by atoms with van der Waals surface area (Å²) in [6.45, 7) is 6.48. The topological polar surface area (TPSA) is 45.9 Å². The van der Waals surface area contributed by atoms with Crippen molar-refractivity contribution >= 4 is 22.9 Å². The van der Waals surface area contributed by atoms with E-state index in [2.05, 4.69) is 11.1 Å². The highest BCUT2D eigenvalue weighted by Gasteiger charge is 2.23. The third kappa shape index (κ3) is 3.50. The van der Waals surface area contributed by atoms with Crippen LogP contribution in [0.15, 0.2) is 24.3 Å². The summed E-state index contributed by atoms with van der Waals surface area (Å²) in [5, 5.41) is 10.6. The van der Waals surface area contributed by atoms with Gasteiger partial charge in [0.05, 0.1) is 5.69 Å². The second kappa shape index (κ2) is 5.82. The number of benzene rings is 1. The molecule has 0 amide bonds. The first kappa shape index (κ1) is 14.8. The summed E-state index contributed by atoms with van der Waals surface area (Å²) in [6.07, 6.45) is 0. The Bertz CT molecular complexity index is 653. The highest BCUT2D eigenvalue weighted by Crippen LogP contribution is 2.29. The van der Waals surface area contributed by atoms with E-state index in [1.54, 1.807) is 12.1 Å². The molecule has 0 atom stereocenters. The van der Waals surface area contributed by atoms with Crippen LogP contribution in [0, 0.1) is 11.3 Å². The van der Waals surface area contributed by atoms with Crippen molar-refractivity contribution in [2.24, 2.45) is 0 Å². The Hall–Kier alpha value is -1.57. The van der Waals surface area contributed by atoms with E-state index in [-0.39, 0.29) is 5.41 Å². The van der Waals surface area contributed by atoms with Crippen molar-refractivity contribution in [1.82, 2.24) is 4.98 Å². The number of rotatable bonds is 3. The van der Waals surface area contributed by atoms with Gasteiger partial charge in [-0.25, -0.2) is 4.98 Å².